The Morgan fingerprint density at radius 3 is 2.64 bits per heavy atom. The molecule has 0 saturated heterocycles. The predicted octanol–water partition coefficient (Wildman–Crippen LogP) is 3.74. The number of amides is 1. The number of aliphatic imine (C=N–C) groups is 1. The van der Waals surface area contributed by atoms with E-state index in [0.29, 0.717) is 0 Å². The molecule has 138 valence electrons. The van der Waals surface area contributed by atoms with Gasteiger partial charge >= 0.3 is 12.0 Å². The van der Waals surface area contributed by atoms with Crippen molar-refractivity contribution in [2.45, 2.75) is 44.8 Å². The molecule has 1 atom stereocenters. The molecule has 1 amide bonds. The number of ether oxygens (including phenoxy) is 2. The summed E-state index contributed by atoms with van der Waals surface area (Å²) >= 11 is 3.02. The normalized spacial score (nSPS) is 22.6. The Hall–Kier alpha value is -1.84. The van der Waals surface area contributed by atoms with Crippen LogP contribution in [0.5, 0.6) is 0 Å². The molecule has 0 unspecified atom stereocenters. The molecular formula is C15H17BrF3N3O3. The number of hydrogen-bond acceptors (Lipinski definition) is 5. The number of hydrogen-bond donors (Lipinski definition) is 1. The van der Waals surface area contributed by atoms with E-state index >= 15 is 0 Å². The number of amidine groups is 1. The molecule has 0 aliphatic carbocycles. The van der Waals surface area contributed by atoms with Crippen molar-refractivity contribution in [2.24, 2.45) is 4.99 Å². The maximum absolute atomic E-state index is 14.4. The van der Waals surface area contributed by atoms with Gasteiger partial charge in [0.1, 0.15) is 21.7 Å². The molecule has 1 aromatic heterocycles. The van der Waals surface area contributed by atoms with Crippen molar-refractivity contribution in [3.05, 3.63) is 28.2 Å². The molecule has 1 aliphatic heterocycles. The lowest BCUT2D eigenvalue weighted by atomic mass is 9.89. The molecule has 0 radical (unpaired) electrons. The molecule has 1 aromatic rings. The molecule has 0 bridgehead atoms. The van der Waals surface area contributed by atoms with E-state index in [1.165, 1.54) is 6.07 Å². The van der Waals surface area contributed by atoms with Crippen molar-refractivity contribution in [1.29, 1.82) is 0 Å². The number of carbonyl (C=O) groups is 1. The zero-order valence-electron chi connectivity index (χ0n) is 14.0. The first kappa shape index (κ1) is 19.5. The SMILES string of the molecule is CC(C)(C)OC(=O)NC1=N[C@](C)(c2nc(Br)ccc2F)C(F)(F)CO1. The fourth-order valence-corrected chi connectivity index (χ4v) is 2.37. The quantitative estimate of drug-likeness (QED) is 0.698. The molecule has 2 heterocycles. The summed E-state index contributed by atoms with van der Waals surface area (Å²) in [4.78, 5) is 19.3. The second kappa shape index (κ2) is 6.47. The third-order valence-corrected chi connectivity index (χ3v) is 3.75. The van der Waals surface area contributed by atoms with Gasteiger partial charge in [-0.2, -0.15) is 8.78 Å². The second-order valence-corrected chi connectivity index (χ2v) is 7.39. The number of carbonyl (C=O) groups excluding carboxylic acids is 1. The van der Waals surface area contributed by atoms with Gasteiger partial charge in [0.2, 0.25) is 0 Å². The van der Waals surface area contributed by atoms with Gasteiger partial charge in [0, 0.05) is 0 Å². The third kappa shape index (κ3) is 4.23. The van der Waals surface area contributed by atoms with Crippen molar-refractivity contribution < 1.29 is 27.4 Å². The Balaban J connectivity index is 2.40. The number of nitrogens with zero attached hydrogens (tertiary/aromatic N) is 2. The van der Waals surface area contributed by atoms with Crippen molar-refractivity contribution in [2.75, 3.05) is 6.61 Å². The minimum absolute atomic E-state index is 0.171. The highest BCUT2D eigenvalue weighted by Crippen LogP contribution is 2.43. The highest BCUT2D eigenvalue weighted by molar-refractivity contribution is 9.10. The van der Waals surface area contributed by atoms with E-state index in [9.17, 15) is 18.0 Å². The molecule has 1 N–H and O–H groups in total. The van der Waals surface area contributed by atoms with Crippen LogP contribution in [0.1, 0.15) is 33.4 Å². The van der Waals surface area contributed by atoms with E-state index < -0.39 is 47.3 Å². The molecule has 10 heteroatoms. The lowest BCUT2D eigenvalue weighted by Crippen LogP contribution is -2.53. The fraction of sp³-hybridized carbons (Fsp3) is 0.533. The van der Waals surface area contributed by atoms with Crippen LogP contribution in [-0.4, -0.2) is 35.2 Å². The summed E-state index contributed by atoms with van der Waals surface area (Å²) in [5, 5.41) is 2.14. The minimum atomic E-state index is -3.55. The number of halogens is 4. The van der Waals surface area contributed by atoms with Gasteiger partial charge in [-0.1, -0.05) is 0 Å². The Labute approximate surface area is 150 Å². The van der Waals surface area contributed by atoms with E-state index in [-0.39, 0.29) is 4.60 Å². The highest BCUT2D eigenvalue weighted by Gasteiger charge is 2.57. The van der Waals surface area contributed by atoms with E-state index in [2.05, 4.69) is 31.2 Å². The standard InChI is InChI=1S/C15H17BrF3N3O3/c1-13(2,3)25-12(23)21-11-22-14(4,15(18,19)7-24-11)10-8(17)5-6-9(16)20-10/h5-6H,7H2,1-4H3,(H,21,22,23)/t14-/m1/s1. The van der Waals surface area contributed by atoms with E-state index in [0.717, 1.165) is 13.0 Å². The summed E-state index contributed by atoms with van der Waals surface area (Å²) < 4.78 is 53.0. The largest absolute Gasteiger partial charge is 0.458 e. The summed E-state index contributed by atoms with van der Waals surface area (Å²) in [6.45, 7) is 4.81. The number of alkyl carbamates (subject to hydrolysis) is 1. The Morgan fingerprint density at radius 1 is 1.40 bits per heavy atom. The van der Waals surface area contributed by atoms with Crippen LogP contribution in [0.2, 0.25) is 0 Å². The predicted molar refractivity (Wildman–Crippen MR) is 87.0 cm³/mol. The smallest absolute Gasteiger partial charge is 0.415 e. The molecule has 0 spiro atoms. The van der Waals surface area contributed by atoms with Crippen LogP contribution in [0.3, 0.4) is 0 Å². The maximum atomic E-state index is 14.4. The van der Waals surface area contributed by atoms with Gasteiger partial charge in [-0.05, 0) is 55.8 Å². The Morgan fingerprint density at radius 2 is 2.04 bits per heavy atom. The van der Waals surface area contributed by atoms with Crippen LogP contribution in [-0.2, 0) is 15.0 Å². The van der Waals surface area contributed by atoms with Crippen LogP contribution in [0.4, 0.5) is 18.0 Å². The summed E-state index contributed by atoms with van der Waals surface area (Å²) in [6.07, 6.45) is -0.929. The molecule has 2 rings (SSSR count). The van der Waals surface area contributed by atoms with E-state index in [4.69, 9.17) is 9.47 Å². The summed E-state index contributed by atoms with van der Waals surface area (Å²) in [5.41, 5.74) is -3.74. The Bertz CT molecular complexity index is 722. The molecule has 6 nitrogen and oxygen atoms in total. The number of rotatable bonds is 1. The first-order valence-electron chi connectivity index (χ1n) is 7.27. The first-order chi connectivity index (χ1) is 11.3. The van der Waals surface area contributed by atoms with Gasteiger partial charge in [-0.25, -0.2) is 24.5 Å². The summed E-state index contributed by atoms with van der Waals surface area (Å²) in [6, 6.07) is 1.78. The monoisotopic (exact) mass is 423 g/mol. The lowest BCUT2D eigenvalue weighted by molar-refractivity contribution is -0.119. The highest BCUT2D eigenvalue weighted by atomic mass is 79.9. The van der Waals surface area contributed by atoms with E-state index in [1.54, 1.807) is 20.8 Å². The number of pyridine rings is 1. The van der Waals surface area contributed by atoms with Crippen LogP contribution >= 0.6 is 15.9 Å². The zero-order valence-corrected chi connectivity index (χ0v) is 15.6. The van der Waals surface area contributed by atoms with Crippen molar-refractivity contribution in [3.8, 4) is 0 Å². The Kier molecular flexibility index (Phi) is 5.04. The molecular weight excluding hydrogens is 407 g/mol. The van der Waals surface area contributed by atoms with Gasteiger partial charge in [0.15, 0.2) is 12.1 Å². The molecule has 0 saturated carbocycles. The van der Waals surface area contributed by atoms with Crippen LogP contribution in [0.25, 0.3) is 0 Å². The molecule has 1 aliphatic rings. The minimum Gasteiger partial charge on any atom is -0.458 e. The van der Waals surface area contributed by atoms with Gasteiger partial charge in [-0.3, -0.25) is 0 Å². The van der Waals surface area contributed by atoms with Gasteiger partial charge in [0.05, 0.1) is 0 Å². The molecule has 0 aromatic carbocycles. The van der Waals surface area contributed by atoms with Crippen molar-refractivity contribution >= 4 is 28.0 Å². The summed E-state index contributed by atoms with van der Waals surface area (Å²) in [5.74, 6) is -4.51. The van der Waals surface area contributed by atoms with Crippen molar-refractivity contribution in [3.63, 3.8) is 0 Å². The van der Waals surface area contributed by atoms with Gasteiger partial charge in [0.25, 0.3) is 6.02 Å². The first-order valence-corrected chi connectivity index (χ1v) is 8.06. The number of aromatic nitrogens is 1. The topological polar surface area (TPSA) is 72.8 Å². The average molecular weight is 424 g/mol. The van der Waals surface area contributed by atoms with Gasteiger partial charge in [-0.15, -0.1) is 0 Å². The van der Waals surface area contributed by atoms with E-state index in [1.807, 2.05) is 0 Å². The van der Waals surface area contributed by atoms with Crippen LogP contribution < -0.4 is 5.32 Å². The molecule has 25 heavy (non-hydrogen) atoms. The second-order valence-electron chi connectivity index (χ2n) is 6.57. The number of alkyl halides is 2. The average Bonchev–Trinajstić information content (AvgIpc) is 2.44. The fourth-order valence-electron chi connectivity index (χ4n) is 2.06. The molecule has 0 fully saturated rings. The zero-order chi connectivity index (χ0) is 19.0. The third-order valence-electron chi connectivity index (χ3n) is 3.31. The summed E-state index contributed by atoms with van der Waals surface area (Å²) in [7, 11) is 0. The van der Waals surface area contributed by atoms with Gasteiger partial charge < -0.3 is 9.47 Å². The van der Waals surface area contributed by atoms with Crippen LogP contribution in [0.15, 0.2) is 21.7 Å². The van der Waals surface area contributed by atoms with Crippen LogP contribution in [0, 0.1) is 5.82 Å². The maximum Gasteiger partial charge on any atom is 0.415 e. The van der Waals surface area contributed by atoms with Crippen molar-refractivity contribution in [1.82, 2.24) is 10.3 Å². The number of nitrogens with one attached hydrogen (secondary N) is 1. The lowest BCUT2D eigenvalue weighted by Gasteiger charge is -2.37.